The number of ether oxygens (including phenoxy) is 4. The molecule has 1 aliphatic carbocycles. The maximum atomic E-state index is 12.4. The average Bonchev–Trinajstić information content (AvgIpc) is 3.64. The van der Waals surface area contributed by atoms with Crippen molar-refractivity contribution in [2.45, 2.75) is 76.0 Å². The van der Waals surface area contributed by atoms with Crippen molar-refractivity contribution in [3.8, 4) is 23.1 Å². The Bertz CT molecular complexity index is 2320. The standard InChI is InChI=1S/C46H61N3O12S/c1-45(2,3)41-30-33(36-17-15-34(31-39(36)60-41)47(22-24-58-28-26-56-6)23-25-59-29-27-57-7)12-11-13-40-46(4,5)37-32-35(62(53,54)55)16-18-38(37)48(40)21-10-8-9-14-44(52)61-49-42(50)19-20-43(49)51/h11-13,15-20,30-32H,8-10,14,21-29H2,1-7H3,(H2-,50,51,53,54,55)/p+1. The van der Waals surface area contributed by atoms with Crippen LogP contribution in [0.4, 0.5) is 5.69 Å². The minimum absolute atomic E-state index is 0.0717. The zero-order chi connectivity index (χ0) is 45.1. The fourth-order valence-corrected chi connectivity index (χ4v) is 7.78. The number of hydrogen-bond donors (Lipinski definition) is 3. The van der Waals surface area contributed by atoms with Crippen LogP contribution in [0, 0.1) is 0 Å². The largest absolute Gasteiger partial charge is 0.492 e. The molecule has 0 amide bonds. The number of aromatic hydroxyl groups is 2. The van der Waals surface area contributed by atoms with Crippen molar-refractivity contribution in [3.05, 3.63) is 94.7 Å². The van der Waals surface area contributed by atoms with Crippen molar-refractivity contribution in [1.29, 1.82) is 0 Å². The lowest BCUT2D eigenvalue weighted by Crippen LogP contribution is -2.36. The number of benzene rings is 2. The Morgan fingerprint density at radius 2 is 1.52 bits per heavy atom. The summed E-state index contributed by atoms with van der Waals surface area (Å²) in [5, 5.41) is 20.6. The minimum Gasteiger partial charge on any atom is -0.492 e. The van der Waals surface area contributed by atoms with E-state index in [2.05, 4.69) is 60.6 Å². The highest BCUT2D eigenvalue weighted by Crippen LogP contribution is 2.48. The molecule has 1 aromatic heterocycles. The molecule has 62 heavy (non-hydrogen) atoms. The van der Waals surface area contributed by atoms with Crippen LogP contribution < -0.4 is 19.7 Å². The molecular weight excluding hydrogens is 819 g/mol. The molecule has 338 valence electrons. The smallest absolute Gasteiger partial charge is 0.333 e. The predicted molar refractivity (Wildman–Crippen MR) is 236 cm³/mol. The third-order valence-electron chi connectivity index (χ3n) is 10.7. The molecule has 5 rings (SSSR count). The van der Waals surface area contributed by atoms with Gasteiger partial charge in [-0.2, -0.15) is 8.42 Å². The van der Waals surface area contributed by atoms with E-state index in [1.165, 1.54) is 24.3 Å². The summed E-state index contributed by atoms with van der Waals surface area (Å²) >= 11 is 0. The summed E-state index contributed by atoms with van der Waals surface area (Å²) in [5.74, 6) is 0.173. The first-order valence-electron chi connectivity index (χ1n) is 20.8. The molecule has 1 aromatic carbocycles. The van der Waals surface area contributed by atoms with Crippen molar-refractivity contribution >= 4 is 27.9 Å². The number of aromatic nitrogens is 1. The van der Waals surface area contributed by atoms with E-state index >= 15 is 0 Å². The van der Waals surface area contributed by atoms with Crippen LogP contribution >= 0.6 is 0 Å². The van der Waals surface area contributed by atoms with Gasteiger partial charge in [0.05, 0.1) is 37.4 Å². The highest BCUT2D eigenvalue weighted by Gasteiger charge is 2.40. The van der Waals surface area contributed by atoms with Crippen molar-refractivity contribution in [2.75, 3.05) is 78.4 Å². The molecule has 3 aliphatic rings. The first kappa shape index (κ1) is 48.1. The third-order valence-corrected chi connectivity index (χ3v) is 11.6. The van der Waals surface area contributed by atoms with E-state index in [1.807, 2.05) is 26.0 Å². The number of fused-ring (bicyclic) bond motifs is 2. The van der Waals surface area contributed by atoms with Gasteiger partial charge in [-0.3, -0.25) is 4.55 Å². The summed E-state index contributed by atoms with van der Waals surface area (Å²) in [4.78, 5) is 19.5. The lowest BCUT2D eigenvalue weighted by atomic mass is 9.83. The predicted octanol–water partition coefficient (Wildman–Crippen LogP) is 6.15. The van der Waals surface area contributed by atoms with E-state index in [0.717, 1.165) is 45.0 Å². The van der Waals surface area contributed by atoms with Crippen LogP contribution in [0.2, 0.25) is 0 Å². The Labute approximate surface area is 364 Å². The normalized spacial score (nSPS) is 14.6. The third kappa shape index (κ3) is 12.4. The van der Waals surface area contributed by atoms with E-state index in [-0.39, 0.29) is 28.5 Å². The highest BCUT2D eigenvalue weighted by molar-refractivity contribution is 7.85. The lowest BCUT2D eigenvalue weighted by molar-refractivity contribution is -0.145. The monoisotopic (exact) mass is 880 g/mol. The van der Waals surface area contributed by atoms with Crippen molar-refractivity contribution in [1.82, 2.24) is 9.31 Å². The molecule has 0 bridgehead atoms. The fraction of sp³-hybridized carbons (Fsp3) is 0.478. The first-order chi connectivity index (χ1) is 29.4. The molecule has 0 radical (unpaired) electrons. The zero-order valence-corrected chi connectivity index (χ0v) is 37.7. The Balaban J connectivity index is 1.45. The molecule has 0 spiro atoms. The van der Waals surface area contributed by atoms with Gasteiger partial charge in [0, 0.05) is 73.2 Å². The number of allylic oxidation sites excluding steroid dienone is 3. The van der Waals surface area contributed by atoms with Gasteiger partial charge < -0.3 is 43.3 Å². The Hall–Kier alpha value is -4.97. The SMILES string of the molecule is COCCOCC[N+](CCOCCOC)=c1ccc2c(C=CC=C3N(CCCCCC(=O)On4c(O)ccc4O)c4ccc(S(=O)(=O)O)cc4C3(C)C)cc(C(C)(C)C)oc-2c1. The molecule has 16 heteroatoms. The van der Waals surface area contributed by atoms with Crippen LogP contribution in [0.15, 0.2) is 81.8 Å². The number of carbonyl (C=O) groups excluding carboxylic acids is 1. The first-order valence-corrected chi connectivity index (χ1v) is 22.3. The van der Waals surface area contributed by atoms with Crippen LogP contribution in [-0.4, -0.2) is 107 Å². The molecule has 0 unspecified atom stereocenters. The van der Waals surface area contributed by atoms with Gasteiger partial charge in [0.1, 0.15) is 24.7 Å². The Kier molecular flexibility index (Phi) is 16.6. The zero-order valence-electron chi connectivity index (χ0n) is 36.9. The van der Waals surface area contributed by atoms with Gasteiger partial charge in [-0.15, -0.1) is 4.73 Å². The van der Waals surface area contributed by atoms with Crippen molar-refractivity contribution in [2.24, 2.45) is 0 Å². The van der Waals surface area contributed by atoms with Crippen LogP contribution in [-0.2, 0) is 44.7 Å². The highest BCUT2D eigenvalue weighted by atomic mass is 32.2. The van der Waals surface area contributed by atoms with Gasteiger partial charge in [0.25, 0.3) is 10.1 Å². The molecule has 3 heterocycles. The van der Waals surface area contributed by atoms with E-state index in [0.29, 0.717) is 83.3 Å². The van der Waals surface area contributed by atoms with Crippen molar-refractivity contribution in [3.63, 3.8) is 0 Å². The molecule has 15 nitrogen and oxygen atoms in total. The minimum atomic E-state index is -4.44. The van der Waals surface area contributed by atoms with Crippen LogP contribution in [0.25, 0.3) is 17.4 Å². The summed E-state index contributed by atoms with van der Waals surface area (Å²) < 4.78 is 65.8. The molecule has 2 aromatic rings. The number of nitrogens with zero attached hydrogens (tertiary/aromatic N) is 3. The molecule has 0 saturated carbocycles. The Morgan fingerprint density at radius 3 is 2.13 bits per heavy atom. The summed E-state index contributed by atoms with van der Waals surface area (Å²) in [7, 11) is -1.15. The van der Waals surface area contributed by atoms with E-state index in [9.17, 15) is 28.0 Å². The molecule has 0 atom stereocenters. The topological polar surface area (TPSA) is 182 Å². The average molecular weight is 881 g/mol. The fourth-order valence-electron chi connectivity index (χ4n) is 7.27. The molecule has 0 fully saturated rings. The summed E-state index contributed by atoms with van der Waals surface area (Å²) in [6.45, 7) is 15.3. The van der Waals surface area contributed by atoms with Gasteiger partial charge in [-0.1, -0.05) is 53.2 Å². The lowest BCUT2D eigenvalue weighted by Gasteiger charge is -2.27. The summed E-state index contributed by atoms with van der Waals surface area (Å²) in [6.07, 6.45) is 8.00. The number of hydrogen-bond acceptors (Lipinski definition) is 12. The van der Waals surface area contributed by atoms with Gasteiger partial charge in [0.15, 0.2) is 13.1 Å². The summed E-state index contributed by atoms with van der Waals surface area (Å²) in [5.41, 5.74) is 3.44. The number of methoxy groups -OCH3 is 2. The number of unbranched alkanes of at least 4 members (excludes halogenated alkanes) is 2. The van der Waals surface area contributed by atoms with E-state index in [1.54, 1.807) is 20.3 Å². The van der Waals surface area contributed by atoms with Gasteiger partial charge in [-0.05, 0) is 60.4 Å². The van der Waals surface area contributed by atoms with E-state index in [4.69, 9.17) is 28.2 Å². The van der Waals surface area contributed by atoms with Gasteiger partial charge in [-0.25, -0.2) is 9.37 Å². The molecule has 3 N–H and O–H groups in total. The number of anilines is 1. The molecule has 0 saturated heterocycles. The maximum absolute atomic E-state index is 12.4. The maximum Gasteiger partial charge on any atom is 0.333 e. The van der Waals surface area contributed by atoms with Crippen LogP contribution in [0.1, 0.15) is 77.2 Å². The summed E-state index contributed by atoms with van der Waals surface area (Å²) in [6, 6.07) is 15.4. The van der Waals surface area contributed by atoms with Crippen LogP contribution in [0.3, 0.4) is 0 Å². The number of carbonyl (C=O) groups is 1. The van der Waals surface area contributed by atoms with Gasteiger partial charge in [0.2, 0.25) is 17.1 Å². The molecule has 2 aliphatic heterocycles. The van der Waals surface area contributed by atoms with Gasteiger partial charge >= 0.3 is 5.97 Å². The quantitative estimate of drug-likeness (QED) is 0.0465. The second-order valence-electron chi connectivity index (χ2n) is 16.7. The van der Waals surface area contributed by atoms with Crippen molar-refractivity contribution < 1.29 is 56.2 Å². The Morgan fingerprint density at radius 1 is 0.855 bits per heavy atom. The second-order valence-corrected chi connectivity index (χ2v) is 18.1. The van der Waals surface area contributed by atoms with Crippen LogP contribution in [0.5, 0.6) is 11.8 Å². The molecular formula is C46H62N3O12S+. The second kappa shape index (κ2) is 21.4. The number of rotatable bonds is 22. The van der Waals surface area contributed by atoms with E-state index < -0.39 is 21.5 Å².